The zero-order valence-corrected chi connectivity index (χ0v) is 10.2. The van der Waals surface area contributed by atoms with Crippen molar-refractivity contribution in [2.24, 2.45) is 5.41 Å². The summed E-state index contributed by atoms with van der Waals surface area (Å²) in [6, 6.07) is 8.62. The van der Waals surface area contributed by atoms with Crippen LogP contribution in [0.25, 0.3) is 0 Å². The summed E-state index contributed by atoms with van der Waals surface area (Å²) in [7, 11) is 0. The molecule has 72 valence electrons. The molecule has 0 aliphatic carbocycles. The van der Waals surface area contributed by atoms with E-state index in [1.54, 1.807) is 0 Å². The highest BCUT2D eigenvalue weighted by atomic mass is 79.9. The van der Waals surface area contributed by atoms with Crippen molar-refractivity contribution in [2.75, 3.05) is 5.33 Å². The van der Waals surface area contributed by atoms with Gasteiger partial charge in [-0.25, -0.2) is 0 Å². The van der Waals surface area contributed by atoms with E-state index in [1.807, 2.05) is 0 Å². The summed E-state index contributed by atoms with van der Waals surface area (Å²) in [5, 5.41) is 1.05. The Morgan fingerprint density at radius 2 is 1.85 bits per heavy atom. The highest BCUT2D eigenvalue weighted by molar-refractivity contribution is 9.09. The van der Waals surface area contributed by atoms with E-state index in [4.69, 9.17) is 0 Å². The zero-order valence-electron chi connectivity index (χ0n) is 8.60. The highest BCUT2D eigenvalue weighted by Gasteiger charge is 2.17. The molecule has 0 bridgehead atoms. The molecule has 0 heterocycles. The molecule has 0 saturated heterocycles. The van der Waals surface area contributed by atoms with Crippen molar-refractivity contribution >= 4 is 15.9 Å². The summed E-state index contributed by atoms with van der Waals surface area (Å²) in [5.74, 6) is 0. The molecule has 0 nitrogen and oxygen atoms in total. The second-order valence-corrected chi connectivity index (χ2v) is 4.96. The lowest BCUT2D eigenvalue weighted by atomic mass is 9.86. The summed E-state index contributed by atoms with van der Waals surface area (Å²) >= 11 is 3.55. The van der Waals surface area contributed by atoms with Gasteiger partial charge >= 0.3 is 0 Å². The van der Waals surface area contributed by atoms with Crippen LogP contribution in [0.15, 0.2) is 24.3 Å². The minimum absolute atomic E-state index is 0.353. The van der Waals surface area contributed by atoms with E-state index in [-0.39, 0.29) is 0 Å². The van der Waals surface area contributed by atoms with Gasteiger partial charge in [0.15, 0.2) is 0 Å². The summed E-state index contributed by atoms with van der Waals surface area (Å²) in [6.07, 6.45) is 1.14. The van der Waals surface area contributed by atoms with Gasteiger partial charge in [-0.3, -0.25) is 0 Å². The molecule has 1 aromatic carbocycles. The Bertz CT molecular complexity index is 276. The van der Waals surface area contributed by atoms with Gasteiger partial charge in [-0.2, -0.15) is 0 Å². The molecule has 0 unspecified atom stereocenters. The number of aryl methyl sites for hydroxylation is 1. The second-order valence-electron chi connectivity index (χ2n) is 4.40. The molecular weight excluding hydrogens is 224 g/mol. The normalized spacial score (nSPS) is 11.7. The Kier molecular flexibility index (Phi) is 3.55. The molecule has 0 saturated carbocycles. The first-order chi connectivity index (χ1) is 6.05. The van der Waals surface area contributed by atoms with Crippen LogP contribution in [0, 0.1) is 12.3 Å². The van der Waals surface area contributed by atoms with E-state index in [0.717, 1.165) is 11.8 Å². The van der Waals surface area contributed by atoms with Gasteiger partial charge in [0.2, 0.25) is 0 Å². The van der Waals surface area contributed by atoms with Crippen LogP contribution in [-0.4, -0.2) is 5.33 Å². The third-order valence-corrected chi connectivity index (χ3v) is 3.81. The van der Waals surface area contributed by atoms with Gasteiger partial charge in [-0.05, 0) is 29.9 Å². The fourth-order valence-corrected chi connectivity index (χ4v) is 1.57. The van der Waals surface area contributed by atoms with Crippen LogP contribution in [-0.2, 0) is 6.42 Å². The lowest BCUT2D eigenvalue weighted by Gasteiger charge is -2.22. The monoisotopic (exact) mass is 240 g/mol. The van der Waals surface area contributed by atoms with Crippen molar-refractivity contribution in [1.29, 1.82) is 0 Å². The van der Waals surface area contributed by atoms with Crippen molar-refractivity contribution in [3.8, 4) is 0 Å². The lowest BCUT2D eigenvalue weighted by Crippen LogP contribution is -2.17. The van der Waals surface area contributed by atoms with Gasteiger partial charge in [0, 0.05) is 5.33 Å². The Labute approximate surface area is 89.5 Å². The molecule has 0 amide bonds. The third-order valence-electron chi connectivity index (χ3n) is 2.29. The fraction of sp³-hybridized carbons (Fsp3) is 0.500. The molecule has 0 N–H and O–H groups in total. The Hall–Kier alpha value is -0.300. The van der Waals surface area contributed by atoms with Crippen LogP contribution in [0.2, 0.25) is 0 Å². The summed E-state index contributed by atoms with van der Waals surface area (Å²) in [5.41, 5.74) is 3.22. The number of alkyl halides is 1. The van der Waals surface area contributed by atoms with E-state index >= 15 is 0 Å². The molecule has 0 radical (unpaired) electrons. The van der Waals surface area contributed by atoms with Gasteiger partial charge in [0.25, 0.3) is 0 Å². The molecule has 1 rings (SSSR count). The Morgan fingerprint density at radius 3 is 2.38 bits per heavy atom. The van der Waals surface area contributed by atoms with Crippen molar-refractivity contribution in [2.45, 2.75) is 27.2 Å². The standard InChI is InChI=1S/C12H17Br/c1-10-6-4-5-7-11(10)8-12(2,3)9-13/h4-7H,8-9H2,1-3H3. The van der Waals surface area contributed by atoms with Gasteiger partial charge in [0.05, 0.1) is 0 Å². The molecule has 0 atom stereocenters. The molecule has 0 aromatic heterocycles. The lowest BCUT2D eigenvalue weighted by molar-refractivity contribution is 0.424. The summed E-state index contributed by atoms with van der Waals surface area (Å²) < 4.78 is 0. The first-order valence-corrected chi connectivity index (χ1v) is 5.78. The maximum Gasteiger partial charge on any atom is 0.00858 e. The largest absolute Gasteiger partial charge is 0.0922 e. The zero-order chi connectivity index (χ0) is 9.90. The van der Waals surface area contributed by atoms with Gasteiger partial charge in [0.1, 0.15) is 0 Å². The number of halogens is 1. The first-order valence-electron chi connectivity index (χ1n) is 4.66. The summed E-state index contributed by atoms with van der Waals surface area (Å²) in [4.78, 5) is 0. The molecule has 0 fully saturated rings. The number of benzene rings is 1. The predicted octanol–water partition coefficient (Wildman–Crippen LogP) is 3.96. The minimum atomic E-state index is 0.353. The van der Waals surface area contributed by atoms with Crippen molar-refractivity contribution < 1.29 is 0 Å². The smallest absolute Gasteiger partial charge is 0.00858 e. The molecular formula is C12H17Br. The third kappa shape index (κ3) is 3.15. The number of hydrogen-bond donors (Lipinski definition) is 0. The van der Waals surface area contributed by atoms with E-state index < -0.39 is 0 Å². The summed E-state index contributed by atoms with van der Waals surface area (Å²) in [6.45, 7) is 6.75. The molecule has 0 aliphatic rings. The maximum absolute atomic E-state index is 3.55. The minimum Gasteiger partial charge on any atom is -0.0922 e. The van der Waals surface area contributed by atoms with E-state index in [0.29, 0.717) is 5.41 Å². The average molecular weight is 241 g/mol. The van der Waals surface area contributed by atoms with Crippen molar-refractivity contribution in [1.82, 2.24) is 0 Å². The molecule has 0 aliphatic heterocycles. The van der Waals surface area contributed by atoms with Crippen molar-refractivity contribution in [3.05, 3.63) is 35.4 Å². The quantitative estimate of drug-likeness (QED) is 0.702. The molecule has 1 heteroatoms. The fourth-order valence-electron chi connectivity index (χ4n) is 1.37. The van der Waals surface area contributed by atoms with Gasteiger partial charge in [-0.1, -0.05) is 54.0 Å². The Morgan fingerprint density at radius 1 is 1.23 bits per heavy atom. The predicted molar refractivity (Wildman–Crippen MR) is 62.5 cm³/mol. The maximum atomic E-state index is 3.55. The van der Waals surface area contributed by atoms with Crippen LogP contribution in [0.5, 0.6) is 0 Å². The van der Waals surface area contributed by atoms with Gasteiger partial charge in [-0.15, -0.1) is 0 Å². The second kappa shape index (κ2) is 4.28. The average Bonchev–Trinajstić information content (AvgIpc) is 2.09. The Balaban J connectivity index is 2.80. The molecule has 13 heavy (non-hydrogen) atoms. The van der Waals surface area contributed by atoms with E-state index in [2.05, 4.69) is 61.0 Å². The van der Waals surface area contributed by atoms with Crippen LogP contribution >= 0.6 is 15.9 Å². The topological polar surface area (TPSA) is 0 Å². The molecule has 1 aromatic rings. The van der Waals surface area contributed by atoms with Crippen LogP contribution in [0.3, 0.4) is 0 Å². The highest BCUT2D eigenvalue weighted by Crippen LogP contribution is 2.25. The van der Waals surface area contributed by atoms with Crippen LogP contribution in [0.4, 0.5) is 0 Å². The van der Waals surface area contributed by atoms with Crippen LogP contribution < -0.4 is 0 Å². The van der Waals surface area contributed by atoms with Crippen LogP contribution in [0.1, 0.15) is 25.0 Å². The van der Waals surface area contributed by atoms with Crippen molar-refractivity contribution in [3.63, 3.8) is 0 Å². The SMILES string of the molecule is Cc1ccccc1CC(C)(C)CBr. The number of hydrogen-bond acceptors (Lipinski definition) is 0. The van der Waals surface area contributed by atoms with Gasteiger partial charge < -0.3 is 0 Å². The number of rotatable bonds is 3. The van der Waals surface area contributed by atoms with E-state index in [1.165, 1.54) is 11.1 Å². The molecule has 0 spiro atoms. The first kappa shape index (κ1) is 10.8. The van der Waals surface area contributed by atoms with E-state index in [9.17, 15) is 0 Å².